The van der Waals surface area contributed by atoms with Crippen LogP contribution in [0.15, 0.2) is 18.2 Å². The van der Waals surface area contributed by atoms with Crippen LogP contribution in [0, 0.1) is 0 Å². The maximum Gasteiger partial charge on any atom is 0.338 e. The first-order valence-electron chi connectivity index (χ1n) is 5.61. The lowest BCUT2D eigenvalue weighted by Crippen LogP contribution is -2.20. The molecule has 0 heterocycles. The molecule has 0 fully saturated rings. The summed E-state index contributed by atoms with van der Waals surface area (Å²) in [6.07, 6.45) is 0. The number of ether oxygens (including phenoxy) is 1. The Bertz CT molecular complexity index is 522. The predicted molar refractivity (Wildman–Crippen MR) is 72.1 cm³/mol. The van der Waals surface area contributed by atoms with Gasteiger partial charge in [0.15, 0.2) is 5.78 Å². The number of aromatic carboxylic acids is 1. The van der Waals surface area contributed by atoms with E-state index in [9.17, 15) is 14.4 Å². The lowest BCUT2D eigenvalue weighted by atomic mass is 9.96. The van der Waals surface area contributed by atoms with E-state index < -0.39 is 22.5 Å². The van der Waals surface area contributed by atoms with Gasteiger partial charge < -0.3 is 9.84 Å². The van der Waals surface area contributed by atoms with E-state index in [1.165, 1.54) is 18.2 Å². The zero-order valence-electron chi connectivity index (χ0n) is 10.5. The molecule has 0 aliphatic carbocycles. The largest absolute Gasteiger partial charge is 0.478 e. The fraction of sp³-hybridized carbons (Fsp3) is 0.308. The Morgan fingerprint density at radius 3 is 2.37 bits per heavy atom. The number of hydrogen-bond donors (Lipinski definition) is 1. The molecule has 1 rings (SSSR count). The number of rotatable bonds is 5. The number of ketones is 1. The summed E-state index contributed by atoms with van der Waals surface area (Å²) in [5.74, 6) is -2.44. The fourth-order valence-electron chi connectivity index (χ4n) is 1.57. The van der Waals surface area contributed by atoms with Crippen molar-refractivity contribution in [3.05, 3.63) is 34.9 Å². The van der Waals surface area contributed by atoms with Crippen molar-refractivity contribution in [1.29, 1.82) is 0 Å². The first-order chi connectivity index (χ1) is 8.90. The molecular formula is C13H13BrO5. The Morgan fingerprint density at radius 2 is 1.89 bits per heavy atom. The van der Waals surface area contributed by atoms with Crippen molar-refractivity contribution in [3.8, 4) is 0 Å². The van der Waals surface area contributed by atoms with Gasteiger partial charge in [-0.2, -0.15) is 0 Å². The Balaban J connectivity index is 3.47. The van der Waals surface area contributed by atoms with Gasteiger partial charge in [-0.3, -0.25) is 4.79 Å². The first kappa shape index (κ1) is 15.4. The van der Waals surface area contributed by atoms with Gasteiger partial charge in [0.05, 0.1) is 22.6 Å². The molecule has 1 atom stereocenters. The van der Waals surface area contributed by atoms with Crippen molar-refractivity contribution >= 4 is 33.7 Å². The van der Waals surface area contributed by atoms with Crippen LogP contribution < -0.4 is 0 Å². The third-order valence-corrected chi connectivity index (χ3v) is 2.81. The van der Waals surface area contributed by atoms with Crippen molar-refractivity contribution in [2.24, 2.45) is 0 Å². The SMILES string of the molecule is CCOC(=O)c1cccc(C(=O)O)c1C(=O)C(C)Br. The highest BCUT2D eigenvalue weighted by Crippen LogP contribution is 2.21. The predicted octanol–water partition coefficient (Wildman–Crippen LogP) is 2.53. The lowest BCUT2D eigenvalue weighted by molar-refractivity contribution is 0.0523. The molecule has 0 radical (unpaired) electrons. The molecule has 0 amide bonds. The minimum Gasteiger partial charge on any atom is -0.478 e. The summed E-state index contributed by atoms with van der Waals surface area (Å²) in [6.45, 7) is 3.34. The van der Waals surface area contributed by atoms with Gasteiger partial charge in [-0.25, -0.2) is 9.59 Å². The highest BCUT2D eigenvalue weighted by Gasteiger charge is 2.26. The Labute approximate surface area is 118 Å². The van der Waals surface area contributed by atoms with Gasteiger partial charge in [-0.1, -0.05) is 22.0 Å². The Hall–Kier alpha value is -1.69. The molecule has 0 spiro atoms. The highest BCUT2D eigenvalue weighted by molar-refractivity contribution is 9.10. The van der Waals surface area contributed by atoms with Gasteiger partial charge in [-0.15, -0.1) is 0 Å². The van der Waals surface area contributed by atoms with Gasteiger partial charge in [0.1, 0.15) is 0 Å². The molecule has 0 bridgehead atoms. The number of esters is 1. The third-order valence-electron chi connectivity index (χ3n) is 2.40. The minimum absolute atomic E-state index is 0.0296. The molecule has 1 aromatic carbocycles. The van der Waals surface area contributed by atoms with E-state index in [4.69, 9.17) is 9.84 Å². The number of carboxylic acids is 1. The lowest BCUT2D eigenvalue weighted by Gasteiger charge is -2.12. The minimum atomic E-state index is -1.26. The number of carbonyl (C=O) groups excluding carboxylic acids is 2. The molecule has 0 saturated heterocycles. The molecule has 19 heavy (non-hydrogen) atoms. The van der Waals surface area contributed by atoms with Crippen molar-refractivity contribution in [2.75, 3.05) is 6.61 Å². The second kappa shape index (κ2) is 6.47. The van der Waals surface area contributed by atoms with Crippen LogP contribution in [0.2, 0.25) is 0 Å². The standard InChI is InChI=1S/C13H13BrO5/c1-3-19-13(18)9-6-4-5-8(12(16)17)10(9)11(15)7(2)14/h4-7H,3H2,1-2H3,(H,16,17). The molecule has 0 aromatic heterocycles. The monoisotopic (exact) mass is 328 g/mol. The molecule has 0 saturated carbocycles. The van der Waals surface area contributed by atoms with Gasteiger partial charge in [0, 0.05) is 5.56 Å². The van der Waals surface area contributed by atoms with E-state index in [1.54, 1.807) is 13.8 Å². The quantitative estimate of drug-likeness (QED) is 0.510. The van der Waals surface area contributed by atoms with E-state index in [0.717, 1.165) is 0 Å². The third kappa shape index (κ3) is 3.41. The van der Waals surface area contributed by atoms with E-state index in [2.05, 4.69) is 15.9 Å². The number of carbonyl (C=O) groups is 3. The number of Topliss-reactive ketones (excluding diaryl/α,β-unsaturated/α-hetero) is 1. The van der Waals surface area contributed by atoms with Crippen molar-refractivity contribution < 1.29 is 24.2 Å². The summed E-state index contributed by atoms with van der Waals surface area (Å²) in [6, 6.07) is 4.08. The van der Waals surface area contributed by atoms with Crippen LogP contribution in [0.5, 0.6) is 0 Å². The molecule has 1 unspecified atom stereocenters. The van der Waals surface area contributed by atoms with Crippen LogP contribution in [0.4, 0.5) is 0 Å². The topological polar surface area (TPSA) is 80.7 Å². The van der Waals surface area contributed by atoms with Gasteiger partial charge in [0.2, 0.25) is 0 Å². The number of benzene rings is 1. The number of hydrogen-bond acceptors (Lipinski definition) is 4. The summed E-state index contributed by atoms with van der Waals surface area (Å²) in [5.41, 5.74) is -0.363. The molecule has 1 aromatic rings. The Kier molecular flexibility index (Phi) is 5.23. The maximum atomic E-state index is 12.1. The average molecular weight is 329 g/mol. The zero-order valence-corrected chi connectivity index (χ0v) is 12.1. The van der Waals surface area contributed by atoms with Crippen LogP contribution in [0.1, 0.15) is 44.9 Å². The molecular weight excluding hydrogens is 316 g/mol. The molecule has 0 aliphatic heterocycles. The first-order valence-corrected chi connectivity index (χ1v) is 6.53. The highest BCUT2D eigenvalue weighted by atomic mass is 79.9. The second-order valence-electron chi connectivity index (χ2n) is 3.73. The van der Waals surface area contributed by atoms with Crippen molar-refractivity contribution in [2.45, 2.75) is 18.7 Å². The number of halogens is 1. The molecule has 5 nitrogen and oxygen atoms in total. The summed E-state index contributed by atoms with van der Waals surface area (Å²) in [5, 5.41) is 9.11. The maximum absolute atomic E-state index is 12.1. The molecule has 102 valence electrons. The van der Waals surface area contributed by atoms with Crippen LogP contribution in [0.25, 0.3) is 0 Å². The average Bonchev–Trinajstić information content (AvgIpc) is 2.36. The zero-order chi connectivity index (χ0) is 14.6. The van der Waals surface area contributed by atoms with Gasteiger partial charge >= 0.3 is 11.9 Å². The summed E-state index contributed by atoms with van der Waals surface area (Å²) < 4.78 is 4.83. The molecule has 0 aliphatic rings. The summed E-state index contributed by atoms with van der Waals surface area (Å²) >= 11 is 3.09. The van der Waals surface area contributed by atoms with Crippen molar-refractivity contribution in [3.63, 3.8) is 0 Å². The number of carboxylic acid groups (broad SMARTS) is 1. The van der Waals surface area contributed by atoms with Gasteiger partial charge in [-0.05, 0) is 26.0 Å². The van der Waals surface area contributed by atoms with E-state index in [0.29, 0.717) is 0 Å². The van der Waals surface area contributed by atoms with Crippen LogP contribution in [-0.2, 0) is 4.74 Å². The van der Waals surface area contributed by atoms with Crippen LogP contribution >= 0.6 is 15.9 Å². The van der Waals surface area contributed by atoms with E-state index in [1.807, 2.05) is 0 Å². The second-order valence-corrected chi connectivity index (χ2v) is 5.11. The summed E-state index contributed by atoms with van der Waals surface area (Å²) in [7, 11) is 0. The van der Waals surface area contributed by atoms with Crippen LogP contribution in [-0.4, -0.2) is 34.3 Å². The van der Waals surface area contributed by atoms with Gasteiger partial charge in [0.25, 0.3) is 0 Å². The normalized spacial score (nSPS) is 11.7. The van der Waals surface area contributed by atoms with Crippen LogP contribution in [0.3, 0.4) is 0 Å². The van der Waals surface area contributed by atoms with Crippen molar-refractivity contribution in [1.82, 2.24) is 0 Å². The Morgan fingerprint density at radius 1 is 1.32 bits per heavy atom. The molecule has 1 N–H and O–H groups in total. The fourth-order valence-corrected chi connectivity index (χ4v) is 1.80. The van der Waals surface area contributed by atoms with E-state index in [-0.39, 0.29) is 23.3 Å². The van der Waals surface area contributed by atoms with E-state index >= 15 is 0 Å². The number of alkyl halides is 1. The summed E-state index contributed by atoms with van der Waals surface area (Å²) in [4.78, 5) is 34.4. The molecule has 6 heteroatoms. The smallest absolute Gasteiger partial charge is 0.338 e.